The van der Waals surface area contributed by atoms with E-state index < -0.39 is 0 Å². The molecule has 0 atom stereocenters. The Hall–Kier alpha value is -0.920. The number of likely N-dealkylation sites (tertiary alicyclic amines) is 1. The van der Waals surface area contributed by atoms with E-state index in [-0.39, 0.29) is 11.2 Å². The quantitative estimate of drug-likeness (QED) is 0.832. The number of rotatable bonds is 2. The fourth-order valence-corrected chi connectivity index (χ4v) is 2.64. The Bertz CT molecular complexity index is 473. The van der Waals surface area contributed by atoms with Crippen LogP contribution in [0.4, 0.5) is 4.39 Å². The maximum Gasteiger partial charge on any atom is 0.137 e. The molecule has 0 radical (unpaired) electrons. The summed E-state index contributed by atoms with van der Waals surface area (Å²) in [6.07, 6.45) is 1.82. The second kappa shape index (κ2) is 5.38. The summed E-state index contributed by atoms with van der Waals surface area (Å²) in [4.78, 5) is 2.32. The standard InChI is InChI=1S/C14H16BrFN2/c1-14(10-17)4-6-18(7-5-14)9-11-2-3-13(16)12(15)8-11/h2-3,8H,4-7,9H2,1H3. The molecule has 18 heavy (non-hydrogen) atoms. The van der Waals surface area contributed by atoms with Gasteiger partial charge in [-0.05, 0) is 66.5 Å². The lowest BCUT2D eigenvalue weighted by Crippen LogP contribution is -2.37. The third-order valence-electron chi connectivity index (χ3n) is 3.62. The van der Waals surface area contributed by atoms with Gasteiger partial charge in [0.2, 0.25) is 0 Å². The van der Waals surface area contributed by atoms with Crippen molar-refractivity contribution in [2.24, 2.45) is 5.41 Å². The fourth-order valence-electron chi connectivity index (χ4n) is 2.21. The van der Waals surface area contributed by atoms with Crippen LogP contribution in [-0.2, 0) is 6.54 Å². The Balaban J connectivity index is 1.96. The zero-order chi connectivity index (χ0) is 13.2. The highest BCUT2D eigenvalue weighted by Gasteiger charge is 2.29. The number of hydrogen-bond donors (Lipinski definition) is 0. The first-order valence-corrected chi connectivity index (χ1v) is 6.89. The van der Waals surface area contributed by atoms with E-state index in [1.54, 1.807) is 0 Å². The lowest BCUT2D eigenvalue weighted by Gasteiger charge is -2.34. The second-order valence-corrected chi connectivity index (χ2v) is 6.05. The van der Waals surface area contributed by atoms with Crippen molar-refractivity contribution in [3.05, 3.63) is 34.1 Å². The van der Waals surface area contributed by atoms with Gasteiger partial charge >= 0.3 is 0 Å². The van der Waals surface area contributed by atoms with Crippen LogP contribution in [0.5, 0.6) is 0 Å². The van der Waals surface area contributed by atoms with Crippen molar-refractivity contribution < 1.29 is 4.39 Å². The van der Waals surface area contributed by atoms with Gasteiger partial charge in [-0.2, -0.15) is 5.26 Å². The van der Waals surface area contributed by atoms with Gasteiger partial charge in [0.25, 0.3) is 0 Å². The largest absolute Gasteiger partial charge is 0.299 e. The molecule has 0 spiro atoms. The average Bonchev–Trinajstić information content (AvgIpc) is 2.37. The van der Waals surface area contributed by atoms with Gasteiger partial charge in [0, 0.05) is 6.54 Å². The molecule has 4 heteroatoms. The molecule has 0 N–H and O–H groups in total. The van der Waals surface area contributed by atoms with Crippen molar-refractivity contribution >= 4 is 15.9 Å². The van der Waals surface area contributed by atoms with Crippen molar-refractivity contribution in [2.45, 2.75) is 26.3 Å². The smallest absolute Gasteiger partial charge is 0.137 e. The van der Waals surface area contributed by atoms with Crippen molar-refractivity contribution in [3.8, 4) is 6.07 Å². The molecule has 0 aliphatic carbocycles. The maximum atomic E-state index is 13.1. The molecule has 0 unspecified atom stereocenters. The Labute approximate surface area is 116 Å². The molecule has 2 nitrogen and oxygen atoms in total. The molecule has 2 rings (SSSR count). The second-order valence-electron chi connectivity index (χ2n) is 5.20. The highest BCUT2D eigenvalue weighted by atomic mass is 79.9. The van der Waals surface area contributed by atoms with E-state index in [0.717, 1.165) is 38.0 Å². The summed E-state index contributed by atoms with van der Waals surface area (Å²) in [6.45, 7) is 4.71. The van der Waals surface area contributed by atoms with Gasteiger partial charge in [-0.15, -0.1) is 0 Å². The van der Waals surface area contributed by atoms with Crippen molar-refractivity contribution in [1.82, 2.24) is 4.90 Å². The molecule has 1 heterocycles. The number of halogens is 2. The van der Waals surface area contributed by atoms with Crippen LogP contribution in [0.3, 0.4) is 0 Å². The zero-order valence-electron chi connectivity index (χ0n) is 10.4. The zero-order valence-corrected chi connectivity index (χ0v) is 12.0. The van der Waals surface area contributed by atoms with Gasteiger partial charge in [-0.1, -0.05) is 6.07 Å². The Morgan fingerprint density at radius 2 is 2.11 bits per heavy atom. The minimum atomic E-state index is -0.227. The van der Waals surface area contributed by atoms with E-state index in [4.69, 9.17) is 5.26 Å². The number of nitrogens with zero attached hydrogens (tertiary/aromatic N) is 2. The van der Waals surface area contributed by atoms with Gasteiger partial charge in [0.05, 0.1) is 16.0 Å². The topological polar surface area (TPSA) is 27.0 Å². The Kier molecular flexibility index (Phi) is 4.04. The van der Waals surface area contributed by atoms with Crippen LogP contribution in [0.15, 0.2) is 22.7 Å². The highest BCUT2D eigenvalue weighted by Crippen LogP contribution is 2.30. The average molecular weight is 311 g/mol. The lowest BCUT2D eigenvalue weighted by molar-refractivity contribution is 0.150. The molecule has 0 saturated carbocycles. The Morgan fingerprint density at radius 1 is 1.44 bits per heavy atom. The number of nitriles is 1. The predicted octanol–water partition coefficient (Wildman–Crippen LogP) is 3.71. The van der Waals surface area contributed by atoms with Crippen LogP contribution in [0.25, 0.3) is 0 Å². The van der Waals surface area contributed by atoms with Crippen LogP contribution >= 0.6 is 15.9 Å². The van der Waals surface area contributed by atoms with Crippen LogP contribution in [-0.4, -0.2) is 18.0 Å². The summed E-state index contributed by atoms with van der Waals surface area (Å²) in [5.74, 6) is -0.227. The van der Waals surface area contributed by atoms with Crippen LogP contribution < -0.4 is 0 Å². The fraction of sp³-hybridized carbons (Fsp3) is 0.500. The number of benzene rings is 1. The molecule has 1 aromatic carbocycles. The van der Waals surface area contributed by atoms with Gasteiger partial charge in [-0.3, -0.25) is 4.90 Å². The van der Waals surface area contributed by atoms with E-state index >= 15 is 0 Å². The summed E-state index contributed by atoms with van der Waals surface area (Å²) in [5.41, 5.74) is 0.934. The summed E-state index contributed by atoms with van der Waals surface area (Å²) >= 11 is 3.20. The highest BCUT2D eigenvalue weighted by molar-refractivity contribution is 9.10. The normalized spacial score (nSPS) is 19.4. The lowest BCUT2D eigenvalue weighted by atomic mass is 9.82. The van der Waals surface area contributed by atoms with Crippen LogP contribution in [0, 0.1) is 22.6 Å². The molecule has 0 amide bonds. The van der Waals surface area contributed by atoms with Crippen molar-refractivity contribution in [3.63, 3.8) is 0 Å². The van der Waals surface area contributed by atoms with Crippen LogP contribution in [0.1, 0.15) is 25.3 Å². The molecule has 1 aromatic rings. The minimum Gasteiger partial charge on any atom is -0.299 e. The Morgan fingerprint density at radius 3 is 2.67 bits per heavy atom. The minimum absolute atomic E-state index is 0.167. The van der Waals surface area contributed by atoms with E-state index in [9.17, 15) is 4.39 Å². The summed E-state index contributed by atoms with van der Waals surface area (Å²) in [5, 5.41) is 9.08. The van der Waals surface area contributed by atoms with E-state index in [1.807, 2.05) is 19.1 Å². The first kappa shape index (κ1) is 13.5. The number of hydrogen-bond acceptors (Lipinski definition) is 2. The molecular formula is C14H16BrFN2. The van der Waals surface area contributed by atoms with Gasteiger partial charge in [-0.25, -0.2) is 4.39 Å². The molecule has 96 valence electrons. The third-order valence-corrected chi connectivity index (χ3v) is 4.23. The van der Waals surface area contributed by atoms with Gasteiger partial charge in [0.1, 0.15) is 5.82 Å². The van der Waals surface area contributed by atoms with Crippen LogP contribution in [0.2, 0.25) is 0 Å². The van der Waals surface area contributed by atoms with Crippen molar-refractivity contribution in [1.29, 1.82) is 5.26 Å². The first-order valence-electron chi connectivity index (χ1n) is 6.10. The maximum absolute atomic E-state index is 13.1. The predicted molar refractivity (Wildman–Crippen MR) is 72.3 cm³/mol. The monoisotopic (exact) mass is 310 g/mol. The summed E-state index contributed by atoms with van der Waals surface area (Å²) in [6, 6.07) is 7.53. The molecule has 0 bridgehead atoms. The molecular weight excluding hydrogens is 295 g/mol. The first-order chi connectivity index (χ1) is 8.52. The summed E-state index contributed by atoms with van der Waals surface area (Å²) in [7, 11) is 0. The van der Waals surface area contributed by atoms with Gasteiger partial charge in [0.15, 0.2) is 0 Å². The van der Waals surface area contributed by atoms with E-state index in [0.29, 0.717) is 4.47 Å². The van der Waals surface area contributed by atoms with Crippen molar-refractivity contribution in [2.75, 3.05) is 13.1 Å². The third kappa shape index (κ3) is 3.09. The van der Waals surface area contributed by atoms with Gasteiger partial charge < -0.3 is 0 Å². The number of piperidine rings is 1. The summed E-state index contributed by atoms with van der Waals surface area (Å²) < 4.78 is 13.6. The molecule has 1 saturated heterocycles. The van der Waals surface area contributed by atoms with E-state index in [1.165, 1.54) is 6.07 Å². The van der Waals surface area contributed by atoms with E-state index in [2.05, 4.69) is 26.9 Å². The molecule has 1 fully saturated rings. The molecule has 1 aliphatic heterocycles. The molecule has 1 aliphatic rings. The molecule has 0 aromatic heterocycles. The SMILES string of the molecule is CC1(C#N)CCN(Cc2ccc(F)c(Br)c2)CC1.